The van der Waals surface area contributed by atoms with Gasteiger partial charge in [-0.25, -0.2) is 9.59 Å². The molecule has 1 unspecified atom stereocenters. The minimum Gasteiger partial charge on any atom is -0.465 e. The Morgan fingerprint density at radius 2 is 1.89 bits per heavy atom. The molecule has 7 heteroatoms. The summed E-state index contributed by atoms with van der Waals surface area (Å²) in [4.78, 5) is 28.4. The van der Waals surface area contributed by atoms with E-state index in [-0.39, 0.29) is 18.1 Å². The van der Waals surface area contributed by atoms with Crippen LogP contribution in [-0.2, 0) is 16.5 Å². The number of rotatable bonds is 2. The Balaban J connectivity index is 1.79. The van der Waals surface area contributed by atoms with Gasteiger partial charge in [-0.2, -0.15) is 0 Å². The van der Waals surface area contributed by atoms with Crippen molar-refractivity contribution in [2.24, 2.45) is 7.05 Å². The molecule has 0 radical (unpaired) electrons. The van der Waals surface area contributed by atoms with Crippen LogP contribution >= 0.6 is 0 Å². The molecule has 0 spiro atoms. The molecule has 0 bridgehead atoms. The summed E-state index contributed by atoms with van der Waals surface area (Å²) in [6.45, 7) is 9.67. The number of ether oxygens (including phenoxy) is 2. The van der Waals surface area contributed by atoms with Crippen molar-refractivity contribution in [3.63, 3.8) is 0 Å². The highest BCUT2D eigenvalue weighted by Gasteiger charge is 2.30. The first kappa shape index (κ1) is 20.0. The van der Waals surface area contributed by atoms with Crippen LogP contribution in [0, 0.1) is 0 Å². The van der Waals surface area contributed by atoms with E-state index in [2.05, 4.69) is 17.9 Å². The van der Waals surface area contributed by atoms with Crippen molar-refractivity contribution in [3.8, 4) is 0 Å². The van der Waals surface area contributed by atoms with Crippen molar-refractivity contribution in [1.82, 2.24) is 9.47 Å². The third-order valence-corrected chi connectivity index (χ3v) is 4.99. The monoisotopic (exact) mass is 387 g/mol. The van der Waals surface area contributed by atoms with Crippen LogP contribution in [0.3, 0.4) is 0 Å². The Bertz CT molecular complexity index is 897. The average Bonchev–Trinajstić information content (AvgIpc) is 2.96. The fourth-order valence-corrected chi connectivity index (χ4v) is 3.66. The number of methoxy groups -OCH3 is 1. The zero-order chi connectivity index (χ0) is 20.6. The van der Waals surface area contributed by atoms with Crippen LogP contribution in [0.2, 0.25) is 0 Å². The molecule has 0 N–H and O–H groups in total. The van der Waals surface area contributed by atoms with Crippen LogP contribution < -0.4 is 4.90 Å². The van der Waals surface area contributed by atoms with Crippen molar-refractivity contribution >= 4 is 28.7 Å². The molecule has 1 aliphatic heterocycles. The van der Waals surface area contributed by atoms with Crippen molar-refractivity contribution < 1.29 is 19.1 Å². The van der Waals surface area contributed by atoms with E-state index in [0.717, 1.165) is 23.1 Å². The van der Waals surface area contributed by atoms with Gasteiger partial charge in [0.25, 0.3) is 0 Å². The number of amides is 1. The Labute approximate surface area is 165 Å². The number of carbonyl (C=O) groups is 2. The Kier molecular flexibility index (Phi) is 5.28. The van der Waals surface area contributed by atoms with Gasteiger partial charge in [0.05, 0.1) is 18.2 Å². The fraction of sp³-hybridized carbons (Fsp3) is 0.524. The van der Waals surface area contributed by atoms with Gasteiger partial charge < -0.3 is 23.8 Å². The molecular weight excluding hydrogens is 358 g/mol. The minimum atomic E-state index is -0.494. The molecule has 152 valence electrons. The van der Waals surface area contributed by atoms with E-state index >= 15 is 0 Å². The summed E-state index contributed by atoms with van der Waals surface area (Å²) in [6.07, 6.45) is 1.53. The van der Waals surface area contributed by atoms with E-state index in [1.807, 2.05) is 44.5 Å². The third kappa shape index (κ3) is 3.93. The summed E-state index contributed by atoms with van der Waals surface area (Å²) >= 11 is 0. The van der Waals surface area contributed by atoms with Gasteiger partial charge >= 0.3 is 12.1 Å². The lowest BCUT2D eigenvalue weighted by Crippen LogP contribution is -2.54. The van der Waals surface area contributed by atoms with E-state index in [1.165, 1.54) is 7.11 Å². The maximum atomic E-state index is 12.4. The highest BCUT2D eigenvalue weighted by Crippen LogP contribution is 2.29. The molecule has 0 saturated carbocycles. The predicted molar refractivity (Wildman–Crippen MR) is 109 cm³/mol. The molecule has 1 aromatic carbocycles. The van der Waals surface area contributed by atoms with Crippen LogP contribution in [-0.4, -0.2) is 59.9 Å². The smallest absolute Gasteiger partial charge is 0.410 e. The number of esters is 1. The molecule has 1 aromatic heterocycles. The molecule has 0 aliphatic carbocycles. The third-order valence-electron chi connectivity index (χ3n) is 4.99. The minimum absolute atomic E-state index is 0.152. The summed E-state index contributed by atoms with van der Waals surface area (Å²) in [5, 5.41) is 0.873. The number of aryl methyl sites for hydroxylation is 1. The fourth-order valence-electron chi connectivity index (χ4n) is 3.66. The standard InChI is InChI=1S/C21H29N3O4/c1-14-12-23(20(26)28-21(2,3)4)9-10-24(14)15-7-8-16-17(19(25)27-6)13-22(5)18(16)11-15/h7-8,11,13-14H,9-10,12H2,1-6H3. The maximum absolute atomic E-state index is 12.4. The summed E-state index contributed by atoms with van der Waals surface area (Å²) < 4.78 is 12.3. The van der Waals surface area contributed by atoms with Gasteiger partial charge in [0.1, 0.15) is 5.60 Å². The Morgan fingerprint density at radius 3 is 2.50 bits per heavy atom. The zero-order valence-electron chi connectivity index (χ0n) is 17.5. The van der Waals surface area contributed by atoms with Crippen LogP contribution in [0.1, 0.15) is 38.1 Å². The number of piperazine rings is 1. The van der Waals surface area contributed by atoms with Crippen molar-refractivity contribution in [1.29, 1.82) is 0 Å². The molecule has 28 heavy (non-hydrogen) atoms. The number of benzene rings is 1. The average molecular weight is 387 g/mol. The second-order valence-corrected chi connectivity index (χ2v) is 8.32. The molecule has 1 atom stereocenters. The highest BCUT2D eigenvalue weighted by molar-refractivity contribution is 6.05. The summed E-state index contributed by atoms with van der Waals surface area (Å²) in [6, 6.07) is 6.22. The number of nitrogens with zero attached hydrogens (tertiary/aromatic N) is 3. The number of fused-ring (bicyclic) bond motifs is 1. The molecule has 1 aliphatic rings. The van der Waals surface area contributed by atoms with E-state index in [4.69, 9.17) is 9.47 Å². The first-order chi connectivity index (χ1) is 13.1. The van der Waals surface area contributed by atoms with Crippen LogP contribution in [0.5, 0.6) is 0 Å². The molecule has 7 nitrogen and oxygen atoms in total. The van der Waals surface area contributed by atoms with Crippen LogP contribution in [0.15, 0.2) is 24.4 Å². The normalized spacial score (nSPS) is 17.7. The second kappa shape index (κ2) is 7.37. The maximum Gasteiger partial charge on any atom is 0.410 e. The van der Waals surface area contributed by atoms with Crippen LogP contribution in [0.4, 0.5) is 10.5 Å². The molecule has 1 saturated heterocycles. The van der Waals surface area contributed by atoms with Gasteiger partial charge in [0, 0.05) is 50.0 Å². The van der Waals surface area contributed by atoms with Gasteiger partial charge in [-0.15, -0.1) is 0 Å². The summed E-state index contributed by atoms with van der Waals surface area (Å²) in [5.74, 6) is -0.335. The molecule has 1 amide bonds. The van der Waals surface area contributed by atoms with Crippen LogP contribution in [0.25, 0.3) is 10.9 Å². The second-order valence-electron chi connectivity index (χ2n) is 8.32. The van der Waals surface area contributed by atoms with Gasteiger partial charge in [-0.1, -0.05) is 0 Å². The van der Waals surface area contributed by atoms with E-state index < -0.39 is 5.60 Å². The quantitative estimate of drug-likeness (QED) is 0.739. The number of hydrogen-bond donors (Lipinski definition) is 0. The molecule has 1 fully saturated rings. The lowest BCUT2D eigenvalue weighted by molar-refractivity contribution is 0.0218. The topological polar surface area (TPSA) is 64.0 Å². The molecule has 2 heterocycles. The number of carbonyl (C=O) groups excluding carboxylic acids is 2. The Hall–Kier alpha value is -2.70. The first-order valence-electron chi connectivity index (χ1n) is 9.52. The largest absolute Gasteiger partial charge is 0.465 e. The molecule has 3 rings (SSSR count). The van der Waals surface area contributed by atoms with Crippen molar-refractivity contribution in [2.75, 3.05) is 31.6 Å². The van der Waals surface area contributed by atoms with Crippen molar-refractivity contribution in [2.45, 2.75) is 39.3 Å². The van der Waals surface area contributed by atoms with Gasteiger partial charge in [0.15, 0.2) is 0 Å². The van der Waals surface area contributed by atoms with Gasteiger partial charge in [-0.3, -0.25) is 0 Å². The lowest BCUT2D eigenvalue weighted by atomic mass is 10.1. The number of anilines is 1. The van der Waals surface area contributed by atoms with Gasteiger partial charge in [0.2, 0.25) is 0 Å². The summed E-state index contributed by atoms with van der Waals surface area (Å²) in [5.41, 5.74) is 2.11. The first-order valence-corrected chi connectivity index (χ1v) is 9.52. The van der Waals surface area contributed by atoms with E-state index in [9.17, 15) is 9.59 Å². The van der Waals surface area contributed by atoms with Gasteiger partial charge in [-0.05, 0) is 45.9 Å². The summed E-state index contributed by atoms with van der Waals surface area (Å²) in [7, 11) is 3.31. The molecular formula is C21H29N3O4. The number of hydrogen-bond acceptors (Lipinski definition) is 5. The predicted octanol–water partition coefficient (Wildman–Crippen LogP) is 3.41. The Morgan fingerprint density at radius 1 is 1.18 bits per heavy atom. The number of aromatic nitrogens is 1. The van der Waals surface area contributed by atoms with Crippen molar-refractivity contribution in [3.05, 3.63) is 30.0 Å². The lowest BCUT2D eigenvalue weighted by Gasteiger charge is -2.41. The van der Waals surface area contributed by atoms with E-state index in [0.29, 0.717) is 18.7 Å². The van der Waals surface area contributed by atoms with E-state index in [1.54, 1.807) is 11.1 Å². The molecule has 2 aromatic rings. The highest BCUT2D eigenvalue weighted by atomic mass is 16.6. The zero-order valence-corrected chi connectivity index (χ0v) is 17.5. The SMILES string of the molecule is COC(=O)c1cn(C)c2cc(N3CCN(C(=O)OC(C)(C)C)CC3C)ccc12.